The van der Waals surface area contributed by atoms with Gasteiger partial charge >= 0.3 is 0 Å². The highest BCUT2D eigenvalue weighted by molar-refractivity contribution is 5.75. The molecule has 74 valence electrons. The van der Waals surface area contributed by atoms with Crippen molar-refractivity contribution in [1.29, 1.82) is 0 Å². The summed E-state index contributed by atoms with van der Waals surface area (Å²) < 4.78 is 0. The molecule has 0 amide bonds. The lowest BCUT2D eigenvalue weighted by atomic mass is 10.0. The Labute approximate surface area is 82.3 Å². The number of aliphatic hydroxyl groups is 1. The van der Waals surface area contributed by atoms with Gasteiger partial charge in [0.25, 0.3) is 0 Å². The molecule has 2 N–H and O–H groups in total. The number of hydrogen-bond acceptors (Lipinski definition) is 3. The molecule has 0 aliphatic rings. The average molecular weight is 192 g/mol. The molecule has 0 bridgehead atoms. The fourth-order valence-corrected chi connectivity index (χ4v) is 1.20. The van der Waals surface area contributed by atoms with Gasteiger partial charge in [0.1, 0.15) is 12.0 Å². The molecule has 0 radical (unpaired) electrons. The number of carbonyl (C=O) groups is 1. The van der Waals surface area contributed by atoms with Crippen LogP contribution in [0.3, 0.4) is 0 Å². The topological polar surface area (TPSA) is 57.5 Å². The van der Waals surface area contributed by atoms with Gasteiger partial charge in [0.2, 0.25) is 0 Å². The van der Waals surface area contributed by atoms with E-state index in [1.807, 2.05) is 0 Å². The average Bonchev–Trinajstić information content (AvgIpc) is 2.19. The summed E-state index contributed by atoms with van der Waals surface area (Å²) in [6, 6.07) is 4.36. The highest BCUT2D eigenvalue weighted by Crippen LogP contribution is 2.26. The highest BCUT2D eigenvalue weighted by atomic mass is 16.3. The first kappa shape index (κ1) is 10.5. The number of aromatic hydroxyl groups is 1. The minimum atomic E-state index is -0.813. The quantitative estimate of drug-likeness (QED) is 0.565. The summed E-state index contributed by atoms with van der Waals surface area (Å²) in [5, 5.41) is 19.0. The molecule has 0 aliphatic carbocycles. The summed E-state index contributed by atoms with van der Waals surface area (Å²) in [5.74, 6) is -0.00931. The van der Waals surface area contributed by atoms with Crippen LogP contribution in [0.25, 0.3) is 0 Å². The van der Waals surface area contributed by atoms with Crippen LogP contribution >= 0.6 is 0 Å². The predicted octanol–water partition coefficient (Wildman–Crippen LogP) is 1.81. The maximum Gasteiger partial charge on any atom is 0.150 e. The molecule has 3 heteroatoms. The first-order valence-electron chi connectivity index (χ1n) is 4.26. The van der Waals surface area contributed by atoms with E-state index >= 15 is 0 Å². The van der Waals surface area contributed by atoms with Crippen molar-refractivity contribution < 1.29 is 15.0 Å². The van der Waals surface area contributed by atoms with Crippen molar-refractivity contribution in [3.05, 3.63) is 42.0 Å². The van der Waals surface area contributed by atoms with Crippen LogP contribution in [0.4, 0.5) is 0 Å². The van der Waals surface area contributed by atoms with Gasteiger partial charge in [-0.25, -0.2) is 0 Å². The van der Waals surface area contributed by atoms with Gasteiger partial charge in [-0.05, 0) is 24.6 Å². The van der Waals surface area contributed by atoms with Crippen molar-refractivity contribution in [3.63, 3.8) is 0 Å². The molecule has 0 heterocycles. The van der Waals surface area contributed by atoms with Gasteiger partial charge in [-0.15, -0.1) is 6.58 Å². The molecule has 1 aromatic rings. The Balaban J connectivity index is 3.04. The lowest BCUT2D eigenvalue weighted by molar-refractivity contribution is 0.112. The maximum absolute atomic E-state index is 10.5. The van der Waals surface area contributed by atoms with E-state index in [1.54, 1.807) is 6.08 Å². The number of carbonyl (C=O) groups excluding carboxylic acids is 1. The van der Waals surface area contributed by atoms with E-state index in [1.165, 1.54) is 18.2 Å². The minimum Gasteiger partial charge on any atom is -0.508 e. The second kappa shape index (κ2) is 4.58. The SMILES string of the molecule is C=CCC(O)c1cc(C=O)ccc1O. The molecular formula is C11H12O3. The van der Waals surface area contributed by atoms with Gasteiger partial charge in [-0.1, -0.05) is 6.08 Å². The highest BCUT2D eigenvalue weighted by Gasteiger charge is 2.11. The lowest BCUT2D eigenvalue weighted by Crippen LogP contribution is -1.97. The number of rotatable bonds is 4. The molecule has 0 fully saturated rings. The standard InChI is InChI=1S/C11H12O3/c1-2-3-10(13)9-6-8(7-12)4-5-11(9)14/h2,4-7,10,13-14H,1,3H2. The van der Waals surface area contributed by atoms with Crippen LogP contribution in [0, 0.1) is 0 Å². The smallest absolute Gasteiger partial charge is 0.150 e. The van der Waals surface area contributed by atoms with Crippen LogP contribution < -0.4 is 0 Å². The van der Waals surface area contributed by atoms with Crippen LogP contribution in [0.5, 0.6) is 5.75 Å². The van der Waals surface area contributed by atoms with E-state index < -0.39 is 6.10 Å². The number of phenolic OH excluding ortho intramolecular Hbond substituents is 1. The third-order valence-electron chi connectivity index (χ3n) is 1.94. The van der Waals surface area contributed by atoms with Gasteiger partial charge < -0.3 is 10.2 Å². The largest absolute Gasteiger partial charge is 0.508 e. The predicted molar refractivity (Wildman–Crippen MR) is 53.3 cm³/mol. The normalized spacial score (nSPS) is 12.1. The molecule has 1 rings (SSSR count). The van der Waals surface area contributed by atoms with E-state index in [-0.39, 0.29) is 5.75 Å². The molecule has 0 saturated heterocycles. The number of aldehydes is 1. The molecule has 1 atom stereocenters. The number of hydrogen-bond donors (Lipinski definition) is 2. The molecule has 0 spiro atoms. The van der Waals surface area contributed by atoms with Crippen molar-refractivity contribution in [1.82, 2.24) is 0 Å². The second-order valence-corrected chi connectivity index (χ2v) is 2.98. The van der Waals surface area contributed by atoms with Crippen molar-refractivity contribution in [3.8, 4) is 5.75 Å². The lowest BCUT2D eigenvalue weighted by Gasteiger charge is -2.10. The van der Waals surface area contributed by atoms with Gasteiger partial charge in [0.15, 0.2) is 0 Å². The summed E-state index contributed by atoms with van der Waals surface area (Å²) in [7, 11) is 0. The van der Waals surface area contributed by atoms with Crippen LogP contribution in [0.1, 0.15) is 28.4 Å². The Kier molecular flexibility index (Phi) is 3.42. The molecule has 0 saturated carbocycles. The maximum atomic E-state index is 10.5. The first-order valence-corrected chi connectivity index (χ1v) is 4.26. The number of benzene rings is 1. The molecule has 1 unspecified atom stereocenters. The Morgan fingerprint density at radius 3 is 2.79 bits per heavy atom. The Bertz CT molecular complexity index is 344. The monoisotopic (exact) mass is 192 g/mol. The third-order valence-corrected chi connectivity index (χ3v) is 1.94. The number of aliphatic hydroxyl groups excluding tert-OH is 1. The zero-order chi connectivity index (χ0) is 10.6. The van der Waals surface area contributed by atoms with Crippen molar-refractivity contribution in [2.45, 2.75) is 12.5 Å². The fraction of sp³-hybridized carbons (Fsp3) is 0.182. The Morgan fingerprint density at radius 1 is 1.50 bits per heavy atom. The van der Waals surface area contributed by atoms with Crippen molar-refractivity contribution >= 4 is 6.29 Å². The van der Waals surface area contributed by atoms with Gasteiger partial charge in [0.05, 0.1) is 6.10 Å². The van der Waals surface area contributed by atoms with E-state index in [2.05, 4.69) is 6.58 Å². The Morgan fingerprint density at radius 2 is 2.21 bits per heavy atom. The first-order chi connectivity index (χ1) is 6.69. The molecule has 14 heavy (non-hydrogen) atoms. The molecule has 0 aliphatic heterocycles. The summed E-state index contributed by atoms with van der Waals surface area (Å²) in [5.41, 5.74) is 0.787. The van der Waals surface area contributed by atoms with Crippen LogP contribution in [0.15, 0.2) is 30.9 Å². The molecule has 1 aromatic carbocycles. The van der Waals surface area contributed by atoms with Gasteiger partial charge in [-0.2, -0.15) is 0 Å². The van der Waals surface area contributed by atoms with Crippen LogP contribution in [-0.4, -0.2) is 16.5 Å². The molecular weight excluding hydrogens is 180 g/mol. The fourth-order valence-electron chi connectivity index (χ4n) is 1.20. The summed E-state index contributed by atoms with van der Waals surface area (Å²) in [6.45, 7) is 3.49. The summed E-state index contributed by atoms with van der Waals surface area (Å²) >= 11 is 0. The summed E-state index contributed by atoms with van der Waals surface area (Å²) in [4.78, 5) is 10.5. The summed E-state index contributed by atoms with van der Waals surface area (Å²) in [6.07, 6.45) is 1.75. The van der Waals surface area contributed by atoms with Crippen LogP contribution in [0.2, 0.25) is 0 Å². The zero-order valence-electron chi connectivity index (χ0n) is 7.68. The number of phenols is 1. The van der Waals surface area contributed by atoms with E-state index in [0.29, 0.717) is 23.8 Å². The van der Waals surface area contributed by atoms with Crippen LogP contribution in [-0.2, 0) is 0 Å². The van der Waals surface area contributed by atoms with Gasteiger partial charge in [0, 0.05) is 11.1 Å². The van der Waals surface area contributed by atoms with Crippen molar-refractivity contribution in [2.75, 3.05) is 0 Å². The third kappa shape index (κ3) is 2.20. The Hall–Kier alpha value is -1.61. The zero-order valence-corrected chi connectivity index (χ0v) is 7.68. The van der Waals surface area contributed by atoms with E-state index in [4.69, 9.17) is 0 Å². The molecule has 3 nitrogen and oxygen atoms in total. The van der Waals surface area contributed by atoms with E-state index in [0.717, 1.165) is 0 Å². The minimum absolute atomic E-state index is 0.00931. The second-order valence-electron chi connectivity index (χ2n) is 2.98. The molecule has 0 aromatic heterocycles. The van der Waals surface area contributed by atoms with Crippen molar-refractivity contribution in [2.24, 2.45) is 0 Å². The van der Waals surface area contributed by atoms with E-state index in [9.17, 15) is 15.0 Å². The van der Waals surface area contributed by atoms with Gasteiger partial charge in [-0.3, -0.25) is 4.79 Å².